The lowest BCUT2D eigenvalue weighted by Crippen LogP contribution is -2.35. The summed E-state index contributed by atoms with van der Waals surface area (Å²) in [5.74, 6) is 3.96. The van der Waals surface area contributed by atoms with Gasteiger partial charge in [-0.25, -0.2) is 4.68 Å². The first kappa shape index (κ1) is 16.9. The Balaban J connectivity index is 1.92. The number of carbonyl (C=O) groups excluding carboxylic acids is 1. The molecule has 0 saturated carbocycles. The number of likely N-dealkylation sites (tertiary alicyclic amines) is 1. The molecular formula is C12H18F3N5OS. The van der Waals surface area contributed by atoms with Gasteiger partial charge in [-0.05, 0) is 12.8 Å². The quantitative estimate of drug-likeness (QED) is 0.673. The SMILES string of the molecule is Nn1c(SCC(=O)N2CCCCCCC2)nnc1C(F)(F)F. The van der Waals surface area contributed by atoms with E-state index in [2.05, 4.69) is 10.2 Å². The molecule has 1 fully saturated rings. The van der Waals surface area contributed by atoms with Crippen molar-refractivity contribution in [2.75, 3.05) is 24.7 Å². The average Bonchev–Trinajstić information content (AvgIpc) is 2.76. The molecule has 1 saturated heterocycles. The molecule has 1 aromatic heterocycles. The first-order chi connectivity index (χ1) is 10.4. The molecule has 0 radical (unpaired) electrons. The fraction of sp³-hybridized carbons (Fsp3) is 0.750. The number of nitrogen functional groups attached to an aromatic ring is 1. The van der Waals surface area contributed by atoms with Crippen molar-refractivity contribution >= 4 is 17.7 Å². The summed E-state index contributed by atoms with van der Waals surface area (Å²) in [6.45, 7) is 1.39. The number of hydrogen-bond acceptors (Lipinski definition) is 5. The number of thioether (sulfide) groups is 1. The van der Waals surface area contributed by atoms with Crippen molar-refractivity contribution in [3.05, 3.63) is 5.82 Å². The van der Waals surface area contributed by atoms with Crippen LogP contribution in [0, 0.1) is 0 Å². The summed E-state index contributed by atoms with van der Waals surface area (Å²) in [7, 11) is 0. The predicted molar refractivity (Wildman–Crippen MR) is 75.6 cm³/mol. The zero-order chi connectivity index (χ0) is 16.2. The zero-order valence-corrected chi connectivity index (χ0v) is 12.8. The van der Waals surface area contributed by atoms with Crippen LogP contribution in [0.1, 0.15) is 37.9 Å². The normalized spacial score (nSPS) is 17.1. The molecule has 2 heterocycles. The molecular weight excluding hydrogens is 319 g/mol. The third-order valence-corrected chi connectivity index (χ3v) is 4.38. The Hall–Kier alpha value is -1.45. The maximum atomic E-state index is 12.5. The number of rotatable bonds is 3. The van der Waals surface area contributed by atoms with Crippen molar-refractivity contribution in [1.29, 1.82) is 0 Å². The van der Waals surface area contributed by atoms with Crippen LogP contribution in [0.4, 0.5) is 13.2 Å². The van der Waals surface area contributed by atoms with E-state index in [1.165, 1.54) is 6.42 Å². The van der Waals surface area contributed by atoms with Gasteiger partial charge in [0.1, 0.15) is 0 Å². The van der Waals surface area contributed by atoms with E-state index < -0.39 is 12.0 Å². The fourth-order valence-corrected chi connectivity index (χ4v) is 3.04. The van der Waals surface area contributed by atoms with Gasteiger partial charge in [-0.1, -0.05) is 31.0 Å². The van der Waals surface area contributed by atoms with Crippen molar-refractivity contribution in [2.45, 2.75) is 43.4 Å². The maximum Gasteiger partial charge on any atom is 0.453 e. The van der Waals surface area contributed by atoms with Gasteiger partial charge in [-0.3, -0.25) is 4.79 Å². The highest BCUT2D eigenvalue weighted by Crippen LogP contribution is 2.28. The maximum absolute atomic E-state index is 12.5. The average molecular weight is 337 g/mol. The molecule has 2 N–H and O–H groups in total. The van der Waals surface area contributed by atoms with Gasteiger partial charge in [-0.15, -0.1) is 10.2 Å². The van der Waals surface area contributed by atoms with Crippen LogP contribution in [0.25, 0.3) is 0 Å². The third kappa shape index (κ3) is 4.28. The molecule has 0 spiro atoms. The fourth-order valence-electron chi connectivity index (χ4n) is 2.28. The monoisotopic (exact) mass is 337 g/mol. The van der Waals surface area contributed by atoms with Crippen LogP contribution in [-0.4, -0.2) is 44.5 Å². The summed E-state index contributed by atoms with van der Waals surface area (Å²) in [6.07, 6.45) is 0.649. The van der Waals surface area contributed by atoms with E-state index in [0.29, 0.717) is 17.8 Å². The van der Waals surface area contributed by atoms with E-state index in [0.717, 1.165) is 37.4 Å². The number of halogens is 3. The van der Waals surface area contributed by atoms with Crippen LogP contribution in [0.3, 0.4) is 0 Å². The lowest BCUT2D eigenvalue weighted by molar-refractivity contribution is -0.146. The Bertz CT molecular complexity index is 511. The highest BCUT2D eigenvalue weighted by atomic mass is 32.2. The minimum Gasteiger partial charge on any atom is -0.342 e. The van der Waals surface area contributed by atoms with E-state index in [1.54, 1.807) is 4.90 Å². The van der Waals surface area contributed by atoms with Crippen LogP contribution >= 0.6 is 11.8 Å². The topological polar surface area (TPSA) is 77.0 Å². The Morgan fingerprint density at radius 1 is 1.14 bits per heavy atom. The van der Waals surface area contributed by atoms with Gasteiger partial charge in [-0.2, -0.15) is 13.2 Å². The lowest BCUT2D eigenvalue weighted by atomic mass is 10.1. The Morgan fingerprint density at radius 2 is 1.73 bits per heavy atom. The predicted octanol–water partition coefficient (Wildman–Crippen LogP) is 1.90. The number of aromatic nitrogens is 3. The Labute approximate surface area is 130 Å². The number of alkyl halides is 3. The van der Waals surface area contributed by atoms with E-state index in [4.69, 9.17) is 5.84 Å². The number of nitrogens with zero attached hydrogens (tertiary/aromatic N) is 4. The molecule has 0 atom stereocenters. The van der Waals surface area contributed by atoms with Crippen molar-refractivity contribution in [2.24, 2.45) is 0 Å². The molecule has 124 valence electrons. The van der Waals surface area contributed by atoms with Gasteiger partial charge in [0.15, 0.2) is 0 Å². The number of carbonyl (C=O) groups is 1. The summed E-state index contributed by atoms with van der Waals surface area (Å²) in [5.41, 5.74) is 0. The van der Waals surface area contributed by atoms with Gasteiger partial charge in [0.25, 0.3) is 5.82 Å². The number of nitrogens with two attached hydrogens (primary N) is 1. The summed E-state index contributed by atoms with van der Waals surface area (Å²) in [5, 5.41) is 6.30. The summed E-state index contributed by atoms with van der Waals surface area (Å²) < 4.78 is 38.0. The molecule has 6 nitrogen and oxygen atoms in total. The van der Waals surface area contributed by atoms with Gasteiger partial charge >= 0.3 is 6.18 Å². The van der Waals surface area contributed by atoms with E-state index in [1.807, 2.05) is 0 Å². The van der Waals surface area contributed by atoms with Crippen molar-refractivity contribution in [3.8, 4) is 0 Å². The molecule has 0 bridgehead atoms. The van der Waals surface area contributed by atoms with Gasteiger partial charge in [0.2, 0.25) is 11.1 Å². The molecule has 1 amide bonds. The minimum atomic E-state index is -4.66. The minimum absolute atomic E-state index is 0.00713. The van der Waals surface area contributed by atoms with Crippen molar-refractivity contribution in [1.82, 2.24) is 19.8 Å². The first-order valence-electron chi connectivity index (χ1n) is 7.08. The molecule has 22 heavy (non-hydrogen) atoms. The van der Waals surface area contributed by atoms with Gasteiger partial charge < -0.3 is 10.7 Å². The Kier molecular flexibility index (Phi) is 5.54. The molecule has 0 aliphatic carbocycles. The zero-order valence-electron chi connectivity index (χ0n) is 12.0. The second kappa shape index (κ2) is 7.21. The summed E-state index contributed by atoms with van der Waals surface area (Å²) >= 11 is 0.871. The largest absolute Gasteiger partial charge is 0.453 e. The van der Waals surface area contributed by atoms with E-state index >= 15 is 0 Å². The lowest BCUT2D eigenvalue weighted by Gasteiger charge is -2.24. The number of amides is 1. The van der Waals surface area contributed by atoms with Gasteiger partial charge in [0.05, 0.1) is 5.75 Å². The van der Waals surface area contributed by atoms with Crippen molar-refractivity contribution < 1.29 is 18.0 Å². The molecule has 2 rings (SSSR count). The third-order valence-electron chi connectivity index (χ3n) is 3.45. The molecule has 1 aromatic rings. The standard InChI is InChI=1S/C12H18F3N5OS/c13-12(14,15)10-17-18-11(20(10)16)22-8-9(21)19-6-4-2-1-3-5-7-19/h1-8,16H2. The summed E-state index contributed by atoms with van der Waals surface area (Å²) in [4.78, 5) is 13.9. The molecule has 10 heteroatoms. The molecule has 1 aliphatic heterocycles. The van der Waals surface area contributed by atoms with Crippen LogP contribution in [0.5, 0.6) is 0 Å². The van der Waals surface area contributed by atoms with Crippen LogP contribution in [0.15, 0.2) is 5.16 Å². The highest BCUT2D eigenvalue weighted by Gasteiger charge is 2.38. The second-order valence-corrected chi connectivity index (χ2v) is 6.05. The Morgan fingerprint density at radius 3 is 2.27 bits per heavy atom. The van der Waals surface area contributed by atoms with E-state index in [9.17, 15) is 18.0 Å². The smallest absolute Gasteiger partial charge is 0.342 e. The van der Waals surface area contributed by atoms with E-state index in [-0.39, 0.29) is 16.8 Å². The number of hydrogen-bond donors (Lipinski definition) is 1. The second-order valence-electron chi connectivity index (χ2n) is 5.11. The van der Waals surface area contributed by atoms with Crippen LogP contribution in [0.2, 0.25) is 0 Å². The molecule has 0 unspecified atom stereocenters. The molecule has 0 aromatic carbocycles. The first-order valence-corrected chi connectivity index (χ1v) is 8.06. The van der Waals surface area contributed by atoms with Crippen LogP contribution < -0.4 is 5.84 Å². The molecule has 1 aliphatic rings. The summed E-state index contributed by atoms with van der Waals surface area (Å²) in [6, 6.07) is 0. The van der Waals surface area contributed by atoms with Gasteiger partial charge in [0, 0.05) is 13.1 Å². The van der Waals surface area contributed by atoms with Crippen LogP contribution in [-0.2, 0) is 11.0 Å². The van der Waals surface area contributed by atoms with Crippen molar-refractivity contribution in [3.63, 3.8) is 0 Å². The highest BCUT2D eigenvalue weighted by molar-refractivity contribution is 7.99.